The molecular formula is C59H90ClN5O18. The highest BCUT2D eigenvalue weighted by Crippen LogP contribution is 2.45. The van der Waals surface area contributed by atoms with Gasteiger partial charge in [-0.2, -0.15) is 0 Å². The van der Waals surface area contributed by atoms with Gasteiger partial charge in [0.15, 0.2) is 30.4 Å². The van der Waals surface area contributed by atoms with Crippen molar-refractivity contribution >= 4 is 58.0 Å². The highest BCUT2D eigenvalue weighted by molar-refractivity contribution is 6.34. The number of benzene rings is 1. The summed E-state index contributed by atoms with van der Waals surface area (Å²) in [7, 11) is 5.21. The molecule has 4 saturated heterocycles. The molecule has 18 atom stereocenters. The number of carboxylic acids is 1. The third-order valence-electron chi connectivity index (χ3n) is 17.3. The molecule has 83 heavy (non-hydrogen) atoms. The molecule has 0 bridgehead atoms. The average molecular weight is 1190 g/mol. The summed E-state index contributed by atoms with van der Waals surface area (Å²) in [4.78, 5) is 74.5. The van der Waals surface area contributed by atoms with Crippen LogP contribution in [0.5, 0.6) is 0 Å². The van der Waals surface area contributed by atoms with Gasteiger partial charge in [-0.05, 0) is 114 Å². The van der Waals surface area contributed by atoms with E-state index in [4.69, 9.17) is 59.1 Å². The maximum atomic E-state index is 14.9. The van der Waals surface area contributed by atoms with Gasteiger partial charge in [-0.25, -0.2) is 9.59 Å². The van der Waals surface area contributed by atoms with Crippen LogP contribution in [-0.4, -0.2) is 186 Å². The molecule has 5 aliphatic rings. The Morgan fingerprint density at radius 1 is 0.952 bits per heavy atom. The van der Waals surface area contributed by atoms with Gasteiger partial charge in [-0.1, -0.05) is 44.5 Å². The Morgan fingerprint density at radius 3 is 2.28 bits per heavy atom. The Labute approximate surface area is 491 Å². The maximum Gasteiger partial charge on any atom is 0.509 e. The van der Waals surface area contributed by atoms with Gasteiger partial charge in [0.05, 0.1) is 64.3 Å². The van der Waals surface area contributed by atoms with Gasteiger partial charge in [-0.15, -0.1) is 0 Å². The molecular weight excluding hydrogens is 1100 g/mol. The van der Waals surface area contributed by atoms with Crippen molar-refractivity contribution in [3.8, 4) is 0 Å². The Hall–Kier alpha value is -4.69. The van der Waals surface area contributed by atoms with Gasteiger partial charge in [0, 0.05) is 74.6 Å². The van der Waals surface area contributed by atoms with E-state index in [1.807, 2.05) is 65.1 Å². The lowest BCUT2D eigenvalue weighted by atomic mass is 9.73. The number of hydrogen-bond donors (Lipinski definition) is 5. The second kappa shape index (κ2) is 26.9. The van der Waals surface area contributed by atoms with Gasteiger partial charge in [0.2, 0.25) is 5.43 Å². The summed E-state index contributed by atoms with van der Waals surface area (Å²) in [5, 5.41) is 46.4. The summed E-state index contributed by atoms with van der Waals surface area (Å²) >= 11 is 6.65. The zero-order valence-corrected chi connectivity index (χ0v) is 51.6. The Bertz CT molecular complexity index is 2720. The molecule has 24 heteroatoms. The highest BCUT2D eigenvalue weighted by atomic mass is 35.5. The number of aromatic nitrogens is 1. The van der Waals surface area contributed by atoms with Gasteiger partial charge in [0.25, 0.3) is 0 Å². The van der Waals surface area contributed by atoms with Crippen LogP contribution in [0.1, 0.15) is 144 Å². The number of anilines is 1. The van der Waals surface area contributed by atoms with E-state index in [1.165, 1.54) is 13.3 Å². The second-order valence-corrected chi connectivity index (χ2v) is 25.1. The summed E-state index contributed by atoms with van der Waals surface area (Å²) < 4.78 is 59.0. The van der Waals surface area contributed by atoms with Crippen molar-refractivity contribution in [3.63, 3.8) is 0 Å². The normalized spacial score (nSPS) is 36.9. The van der Waals surface area contributed by atoms with Gasteiger partial charge < -0.3 is 82.9 Å². The number of aliphatic hydroxyl groups excluding tert-OH is 1. The lowest BCUT2D eigenvalue weighted by Crippen LogP contribution is -2.61. The molecule has 4 aliphatic heterocycles. The number of carboxylic acid groups (broad SMARTS) is 1. The van der Waals surface area contributed by atoms with Crippen molar-refractivity contribution in [1.29, 1.82) is 0 Å². The first-order valence-electron chi connectivity index (χ1n) is 29.3. The standard InChI is InChI=1S/C59H90ClN5O18/c1-16-43-59(12)51(81-56(72)82-59)32(6)46(63-83-29(2)3)30(4)26-57(10,73)50(80-55-48(68)42(64(13)14)23-31(5)75-55)33(7)49(34(8)54(71)77-43)79-45-27-58(11,74-15)52(35(9)76-45)78-44(66)19-20-61-21-22-62-40-24-37-41(25-39(40)60)65(36-17-18-36)28-38(47(37)67)53(69)70/h24-25,28-36,42-43,45,48-52,55,61-62,68,73H,16-23,26-27H2,1-15H3,(H,69,70)/b63-46+/t30-,31-,32+,33+,34-,35+,42+,43-,45+,48-,49?,50-,51-,52+,55+,57-,58-,59-/m1/s1. The van der Waals surface area contributed by atoms with E-state index in [2.05, 4.69) is 15.8 Å². The van der Waals surface area contributed by atoms with E-state index < -0.39 is 125 Å². The summed E-state index contributed by atoms with van der Waals surface area (Å²) in [5.74, 6) is -5.81. The summed E-state index contributed by atoms with van der Waals surface area (Å²) in [6.45, 7) is 22.2. The molecule has 1 aromatic carbocycles. The number of aromatic carboxylic acids is 1. The SMILES string of the molecule is CC[C@H]1OC(=O)[C@H](C)C(O[C@H]2C[C@@](C)(OC)[C@@H](OC(=O)CCNCCNc3cc4c(=O)c(C(=O)O)cn(C5CC5)c4cc3Cl)[C@H](C)O2)[C@H](C)[C@@H](O[C@@H]2O[C@H](C)C[C@H](N(C)C)[C@H]2O)[C@](C)(O)C[C@@H](C)/C(=N\OC(C)C)[C@H](C)[C@H]2OC(=O)O[C@@]21C. The predicted molar refractivity (Wildman–Crippen MR) is 306 cm³/mol. The van der Waals surface area contributed by atoms with Crippen LogP contribution in [0.25, 0.3) is 10.9 Å². The van der Waals surface area contributed by atoms with E-state index in [1.54, 1.807) is 53.7 Å². The number of oxime groups is 1. The summed E-state index contributed by atoms with van der Waals surface area (Å²) in [6, 6.07) is 2.99. The van der Waals surface area contributed by atoms with Crippen molar-refractivity contribution < 1.29 is 82.0 Å². The number of cyclic esters (lactones) is 1. The number of hydrogen-bond acceptors (Lipinski definition) is 21. The molecule has 5 heterocycles. The second-order valence-electron chi connectivity index (χ2n) is 24.7. The number of aliphatic hydroxyl groups is 2. The molecule has 0 amide bonds. The molecule has 0 spiro atoms. The topological polar surface area (TPSA) is 283 Å². The quantitative estimate of drug-likeness (QED) is 0.0417. The van der Waals surface area contributed by atoms with Crippen LogP contribution in [-0.2, 0) is 57.1 Å². The van der Waals surface area contributed by atoms with Crippen LogP contribution in [0.2, 0.25) is 5.02 Å². The van der Waals surface area contributed by atoms with Crippen LogP contribution in [0.4, 0.5) is 10.5 Å². The lowest BCUT2D eigenvalue weighted by Gasteiger charge is -2.49. The molecule has 1 saturated carbocycles. The van der Waals surface area contributed by atoms with E-state index >= 15 is 0 Å². The lowest BCUT2D eigenvalue weighted by molar-refractivity contribution is -0.318. The highest BCUT2D eigenvalue weighted by Gasteiger charge is 2.59. The minimum absolute atomic E-state index is 0.00762. The largest absolute Gasteiger partial charge is 0.509 e. The van der Waals surface area contributed by atoms with Crippen LogP contribution in [0.3, 0.4) is 0 Å². The van der Waals surface area contributed by atoms with Crippen molar-refractivity contribution in [3.05, 3.63) is 39.1 Å². The van der Waals surface area contributed by atoms with Crippen molar-refractivity contribution in [2.75, 3.05) is 46.2 Å². The first-order chi connectivity index (χ1) is 38.9. The molecule has 2 aromatic rings. The number of fused-ring (bicyclic) bond motifs is 2. The number of rotatable bonds is 19. The van der Waals surface area contributed by atoms with E-state index in [9.17, 15) is 39.3 Å². The van der Waals surface area contributed by atoms with Crippen molar-refractivity contribution in [1.82, 2.24) is 14.8 Å². The molecule has 5 fully saturated rings. The minimum Gasteiger partial charge on any atom is -0.477 e. The zero-order chi connectivity index (χ0) is 61.2. The first kappa shape index (κ1) is 65.8. The van der Waals surface area contributed by atoms with Crippen molar-refractivity contribution in [2.24, 2.45) is 28.8 Å². The number of halogens is 1. The molecule has 466 valence electrons. The number of carbonyl (C=O) groups is 4. The predicted octanol–water partition coefficient (Wildman–Crippen LogP) is 6.82. The summed E-state index contributed by atoms with van der Waals surface area (Å²) in [6.07, 6.45) is -7.42. The van der Waals surface area contributed by atoms with E-state index in [-0.39, 0.29) is 67.5 Å². The molecule has 1 aromatic heterocycles. The molecule has 0 radical (unpaired) electrons. The number of methoxy groups -OCH3 is 1. The average Bonchev–Trinajstić information content (AvgIpc) is 3.28. The van der Waals surface area contributed by atoms with Crippen LogP contribution in [0.15, 0.2) is 28.3 Å². The van der Waals surface area contributed by atoms with Crippen LogP contribution in [0, 0.1) is 23.7 Å². The fourth-order valence-corrected chi connectivity index (χ4v) is 12.9. The molecule has 23 nitrogen and oxygen atoms in total. The van der Waals surface area contributed by atoms with Gasteiger partial charge >= 0.3 is 24.1 Å². The number of nitrogens with zero attached hydrogens (tertiary/aromatic N) is 3. The molecule has 1 unspecified atom stereocenters. The molecule has 1 aliphatic carbocycles. The number of likely N-dealkylation sites (N-methyl/N-ethyl adjacent to an activating group) is 1. The smallest absolute Gasteiger partial charge is 0.477 e. The summed E-state index contributed by atoms with van der Waals surface area (Å²) in [5.41, 5.74) is -3.90. The third kappa shape index (κ3) is 14.8. The van der Waals surface area contributed by atoms with E-state index in [0.717, 1.165) is 12.8 Å². The number of nitrogens with one attached hydrogen (secondary N) is 2. The van der Waals surface area contributed by atoms with E-state index in [0.29, 0.717) is 41.4 Å². The number of esters is 2. The number of carbonyl (C=O) groups excluding carboxylic acids is 3. The van der Waals surface area contributed by atoms with Crippen LogP contribution >= 0.6 is 11.6 Å². The fourth-order valence-electron chi connectivity index (χ4n) is 12.7. The maximum absolute atomic E-state index is 14.9. The number of pyridine rings is 1. The fraction of sp³-hybridized carbons (Fsp3) is 0.763. The number of ether oxygens (including phenoxy) is 9. The first-order valence-corrected chi connectivity index (χ1v) is 29.7. The molecule has 5 N–H and O–H groups in total. The monoisotopic (exact) mass is 1190 g/mol. The Morgan fingerprint density at radius 2 is 1.65 bits per heavy atom. The van der Waals surface area contributed by atoms with Crippen molar-refractivity contribution in [2.45, 2.75) is 224 Å². The van der Waals surface area contributed by atoms with Gasteiger partial charge in [0.1, 0.15) is 29.5 Å². The minimum atomic E-state index is -1.79. The van der Waals surface area contributed by atoms with Gasteiger partial charge in [-0.3, -0.25) is 14.4 Å². The Balaban J connectivity index is 1.10. The Kier molecular flexibility index (Phi) is 21.4. The third-order valence-corrected chi connectivity index (χ3v) is 17.6. The zero-order valence-electron chi connectivity index (χ0n) is 50.8. The van der Waals surface area contributed by atoms with Crippen LogP contribution < -0.4 is 16.1 Å². The molecule has 7 rings (SSSR count).